The lowest BCUT2D eigenvalue weighted by atomic mass is 9.96. The number of allylic oxidation sites excluding steroid dienone is 2. The molecule has 1 aliphatic rings. The molecule has 43 heavy (non-hydrogen) atoms. The number of aromatic nitrogens is 1. The van der Waals surface area contributed by atoms with Crippen LogP contribution >= 0.6 is 0 Å². The molecule has 0 saturated carbocycles. The Hall–Kier alpha value is -6.26. The van der Waals surface area contributed by atoms with Crippen molar-refractivity contribution in [1.82, 2.24) is 4.57 Å². The van der Waals surface area contributed by atoms with E-state index in [1.165, 1.54) is 10.8 Å². The zero-order valence-electron chi connectivity index (χ0n) is 22.7. The quantitative estimate of drug-likeness (QED) is 0.159. The molecule has 5 aromatic carbocycles. The molecule has 0 spiro atoms. The molecule has 198 valence electrons. The molecule has 0 radical (unpaired) electrons. The van der Waals surface area contributed by atoms with Gasteiger partial charge in [-0.15, -0.1) is 5.73 Å². The van der Waals surface area contributed by atoms with E-state index in [9.17, 15) is 5.26 Å². The van der Waals surface area contributed by atoms with E-state index < -0.39 is 0 Å². The summed E-state index contributed by atoms with van der Waals surface area (Å²) < 4.78 is 14.8. The van der Waals surface area contributed by atoms with Crippen LogP contribution < -0.4 is 0 Å². The fourth-order valence-electron chi connectivity index (χ4n) is 6.59. The summed E-state index contributed by atoms with van der Waals surface area (Å²) in [6.07, 6.45) is 2.66. The molecule has 9 rings (SSSR count). The maximum atomic E-state index is 9.57. The molecule has 0 unspecified atom stereocenters. The third-order valence-electron chi connectivity index (χ3n) is 8.45. The molecular formula is C38H19N3O2. The number of nitriles is 1. The van der Waals surface area contributed by atoms with Crippen LogP contribution in [0.25, 0.3) is 81.8 Å². The number of fused-ring (bicyclic) bond motifs is 10. The highest BCUT2D eigenvalue weighted by molar-refractivity contribution is 6.26. The van der Waals surface area contributed by atoms with Crippen molar-refractivity contribution in [2.75, 3.05) is 0 Å². The lowest BCUT2D eigenvalue weighted by Crippen LogP contribution is -2.02. The van der Waals surface area contributed by atoms with Gasteiger partial charge in [0.15, 0.2) is 0 Å². The summed E-state index contributed by atoms with van der Waals surface area (Å²) >= 11 is 0. The van der Waals surface area contributed by atoms with Gasteiger partial charge >= 0.3 is 0 Å². The fourth-order valence-corrected chi connectivity index (χ4v) is 6.59. The minimum absolute atomic E-state index is 0.517. The minimum Gasteiger partial charge on any atom is -0.456 e. The third kappa shape index (κ3) is 3.26. The van der Waals surface area contributed by atoms with Gasteiger partial charge in [0.2, 0.25) is 5.70 Å². The maximum absolute atomic E-state index is 9.57. The van der Waals surface area contributed by atoms with Crippen LogP contribution in [0.3, 0.4) is 0 Å². The Bertz CT molecular complexity index is 2650. The van der Waals surface area contributed by atoms with Crippen LogP contribution in [-0.2, 0) is 0 Å². The lowest BCUT2D eigenvalue weighted by Gasteiger charge is -2.18. The van der Waals surface area contributed by atoms with Gasteiger partial charge in [-0.1, -0.05) is 42.5 Å². The summed E-state index contributed by atoms with van der Waals surface area (Å²) in [7, 11) is 0. The van der Waals surface area contributed by atoms with Crippen LogP contribution in [0.2, 0.25) is 0 Å². The highest BCUT2D eigenvalue weighted by atomic mass is 16.3. The van der Waals surface area contributed by atoms with Gasteiger partial charge in [0, 0.05) is 44.3 Å². The van der Waals surface area contributed by atoms with E-state index in [0.717, 1.165) is 71.7 Å². The van der Waals surface area contributed by atoms with Gasteiger partial charge in [-0.3, -0.25) is 0 Å². The molecule has 5 nitrogen and oxygen atoms in total. The fraction of sp³-hybridized carbons (Fsp3) is 0.0263. The first-order valence-electron chi connectivity index (χ1n) is 14.0. The molecule has 0 saturated heterocycles. The summed E-state index contributed by atoms with van der Waals surface area (Å²) in [4.78, 5) is 3.77. The average molecular weight is 550 g/mol. The molecule has 0 fully saturated rings. The van der Waals surface area contributed by atoms with Gasteiger partial charge in [0.05, 0.1) is 34.9 Å². The molecule has 0 atom stereocenters. The molecule has 8 aromatic rings. The van der Waals surface area contributed by atoms with Crippen LogP contribution in [0.4, 0.5) is 0 Å². The van der Waals surface area contributed by atoms with E-state index in [2.05, 4.69) is 81.9 Å². The Morgan fingerprint density at radius 1 is 0.721 bits per heavy atom. The van der Waals surface area contributed by atoms with Crippen LogP contribution in [0.15, 0.2) is 123 Å². The van der Waals surface area contributed by atoms with E-state index in [1.807, 2.05) is 36.4 Å². The molecule has 3 aromatic heterocycles. The smallest absolute Gasteiger partial charge is 0.211 e. The van der Waals surface area contributed by atoms with Gasteiger partial charge in [-0.05, 0) is 66.2 Å². The van der Waals surface area contributed by atoms with E-state index in [4.69, 9.17) is 15.4 Å². The van der Waals surface area contributed by atoms with Gasteiger partial charge in [0.25, 0.3) is 0 Å². The van der Waals surface area contributed by atoms with Gasteiger partial charge in [-0.2, -0.15) is 5.26 Å². The Kier molecular flexibility index (Phi) is 4.70. The Balaban J connectivity index is 1.34. The number of hydrogen-bond acceptors (Lipinski definition) is 3. The Morgan fingerprint density at radius 3 is 1.98 bits per heavy atom. The van der Waals surface area contributed by atoms with Crippen LogP contribution in [0.5, 0.6) is 0 Å². The second kappa shape index (κ2) is 8.62. The lowest BCUT2D eigenvalue weighted by molar-refractivity contribution is 0.663. The molecule has 0 bridgehead atoms. The predicted molar refractivity (Wildman–Crippen MR) is 171 cm³/mol. The average Bonchev–Trinajstić information content (AvgIpc) is 3.73. The first-order chi connectivity index (χ1) is 21.2. The van der Waals surface area contributed by atoms with Crippen molar-refractivity contribution < 1.29 is 8.83 Å². The number of para-hydroxylation sites is 2. The van der Waals surface area contributed by atoms with Gasteiger partial charge in [-0.25, -0.2) is 4.85 Å². The first kappa shape index (κ1) is 23.4. The molecule has 0 aliphatic heterocycles. The Morgan fingerprint density at radius 2 is 1.33 bits per heavy atom. The standard InChI is InChI=1S/C38H19N3O2/c1-40-24-12-13-32(41-30-8-4-2-6-25(30)26-7-3-5-9-31(26)41)27(20-24)23-11-15-34-29(19-23)38-36(43-34)17-16-35-37(38)28-18-22(21-39)10-14-33(28)42-35/h2-11,13-19H,12H2. The van der Waals surface area contributed by atoms with Crippen molar-refractivity contribution in [2.45, 2.75) is 6.42 Å². The highest BCUT2D eigenvalue weighted by Gasteiger charge is 2.22. The summed E-state index contributed by atoms with van der Waals surface area (Å²) in [6, 6.07) is 34.6. The van der Waals surface area contributed by atoms with Crippen molar-refractivity contribution in [3.8, 4) is 6.07 Å². The molecule has 1 aliphatic carbocycles. The molecular weight excluding hydrogens is 530 g/mol. The number of rotatable bonds is 2. The van der Waals surface area contributed by atoms with Crippen molar-refractivity contribution in [2.24, 2.45) is 0 Å². The van der Waals surface area contributed by atoms with Crippen molar-refractivity contribution in [1.29, 1.82) is 5.26 Å². The van der Waals surface area contributed by atoms with E-state index >= 15 is 0 Å². The van der Waals surface area contributed by atoms with Crippen LogP contribution in [0.1, 0.15) is 17.5 Å². The number of hydrogen-bond donors (Lipinski definition) is 0. The topological polar surface area (TPSA) is 59.4 Å². The largest absolute Gasteiger partial charge is 0.456 e. The van der Waals surface area contributed by atoms with E-state index in [0.29, 0.717) is 17.7 Å². The molecule has 0 amide bonds. The van der Waals surface area contributed by atoms with Crippen molar-refractivity contribution in [3.05, 3.63) is 137 Å². The van der Waals surface area contributed by atoms with Gasteiger partial charge in [0.1, 0.15) is 22.3 Å². The summed E-state index contributed by atoms with van der Waals surface area (Å²) in [6.45, 7) is 7.78. The summed E-state index contributed by atoms with van der Waals surface area (Å²) in [5.41, 5.74) is 12.6. The minimum atomic E-state index is 0.517. The van der Waals surface area contributed by atoms with E-state index in [-0.39, 0.29) is 0 Å². The van der Waals surface area contributed by atoms with Crippen molar-refractivity contribution >= 4 is 77.0 Å². The second-order valence-electron chi connectivity index (χ2n) is 10.8. The van der Waals surface area contributed by atoms with Crippen LogP contribution in [0, 0.1) is 17.9 Å². The van der Waals surface area contributed by atoms with E-state index in [1.54, 1.807) is 6.07 Å². The Labute approximate surface area is 244 Å². The van der Waals surface area contributed by atoms with Crippen molar-refractivity contribution in [3.63, 3.8) is 0 Å². The monoisotopic (exact) mass is 549 g/mol. The summed E-state index contributed by atoms with van der Waals surface area (Å²) in [5, 5.41) is 15.6. The number of benzene rings is 5. The maximum Gasteiger partial charge on any atom is 0.211 e. The normalized spacial score (nSPS) is 13.5. The zero-order chi connectivity index (χ0) is 28.7. The highest BCUT2D eigenvalue weighted by Crippen LogP contribution is 2.43. The summed E-state index contributed by atoms with van der Waals surface area (Å²) in [5.74, 6) is 0. The predicted octanol–water partition coefficient (Wildman–Crippen LogP) is 10.2. The van der Waals surface area contributed by atoms with Gasteiger partial charge < -0.3 is 13.4 Å². The molecule has 0 N–H and O–H groups in total. The molecule has 5 heteroatoms. The number of nitrogens with zero attached hydrogens (tertiary/aromatic N) is 3. The second-order valence-corrected chi connectivity index (χ2v) is 10.8. The first-order valence-corrected chi connectivity index (χ1v) is 14.0. The third-order valence-corrected chi connectivity index (χ3v) is 8.45. The zero-order valence-corrected chi connectivity index (χ0v) is 22.7. The number of furan rings is 2. The SMILES string of the molecule is [C-]#[N+]C1=C=C(c2ccc3oc4ccc5oc6ccc(C#N)cc6c5c4c3c2)C(n2c3ccccc3c3ccccc32)=CC1. The molecule has 3 heterocycles. The van der Waals surface area contributed by atoms with Crippen LogP contribution in [-0.4, -0.2) is 4.57 Å².